The zero-order chi connectivity index (χ0) is 14.0. The second-order valence-corrected chi connectivity index (χ2v) is 6.93. The molecule has 0 spiro atoms. The lowest BCUT2D eigenvalue weighted by Crippen LogP contribution is -2.61. The summed E-state index contributed by atoms with van der Waals surface area (Å²) in [5, 5.41) is 14.8. The molecule has 0 saturated carbocycles. The molecule has 1 atom stereocenters. The summed E-state index contributed by atoms with van der Waals surface area (Å²) in [5.74, 6) is 0.393. The van der Waals surface area contributed by atoms with Crippen molar-refractivity contribution in [2.24, 2.45) is 5.92 Å². The number of nitrogens with one attached hydrogen (secondary N) is 1. The van der Waals surface area contributed by atoms with Crippen LogP contribution >= 0.6 is 11.3 Å². The van der Waals surface area contributed by atoms with Gasteiger partial charge in [-0.1, -0.05) is 19.9 Å². The molecule has 2 rings (SSSR count). The predicted molar refractivity (Wildman–Crippen MR) is 77.1 cm³/mol. The van der Waals surface area contributed by atoms with Gasteiger partial charge in [-0.05, 0) is 24.3 Å². The van der Waals surface area contributed by atoms with Gasteiger partial charge in [0.1, 0.15) is 0 Å². The first kappa shape index (κ1) is 14.5. The van der Waals surface area contributed by atoms with Crippen LogP contribution in [-0.2, 0) is 4.79 Å². The molecule has 2 N–H and O–H groups in total. The average Bonchev–Trinajstić information content (AvgIpc) is 2.75. The number of nitrogens with zero attached hydrogens (tertiary/aromatic N) is 1. The van der Waals surface area contributed by atoms with Crippen LogP contribution in [0.25, 0.3) is 0 Å². The molecule has 1 aliphatic heterocycles. The van der Waals surface area contributed by atoms with Gasteiger partial charge in [0.05, 0.1) is 18.2 Å². The quantitative estimate of drug-likeness (QED) is 0.863. The molecule has 19 heavy (non-hydrogen) atoms. The first-order valence-corrected chi connectivity index (χ1v) is 7.53. The maximum Gasteiger partial charge on any atom is 0.234 e. The van der Waals surface area contributed by atoms with Gasteiger partial charge in [-0.2, -0.15) is 0 Å². The van der Waals surface area contributed by atoms with Gasteiger partial charge in [0, 0.05) is 18.0 Å². The zero-order valence-electron chi connectivity index (χ0n) is 11.7. The van der Waals surface area contributed by atoms with Gasteiger partial charge in [0.2, 0.25) is 5.91 Å². The van der Waals surface area contributed by atoms with E-state index in [0.717, 1.165) is 0 Å². The number of hydrogen-bond donors (Lipinski definition) is 2. The Kier molecular flexibility index (Phi) is 4.28. The minimum Gasteiger partial charge on any atom is -0.388 e. The SMILES string of the molecule is CC(C)C(NC(=O)CN1CC(C)(O)C1)c1cccs1. The second kappa shape index (κ2) is 5.61. The van der Waals surface area contributed by atoms with Gasteiger partial charge in [0.15, 0.2) is 0 Å². The van der Waals surface area contributed by atoms with Crippen LogP contribution in [0.15, 0.2) is 17.5 Å². The van der Waals surface area contributed by atoms with Crippen LogP contribution in [0.3, 0.4) is 0 Å². The summed E-state index contributed by atoms with van der Waals surface area (Å²) in [5.41, 5.74) is -0.620. The van der Waals surface area contributed by atoms with Crippen LogP contribution in [0.5, 0.6) is 0 Å². The molecule has 4 nitrogen and oxygen atoms in total. The van der Waals surface area contributed by atoms with Crippen LogP contribution in [0.4, 0.5) is 0 Å². The molecular weight excluding hydrogens is 260 g/mol. The Hall–Kier alpha value is -0.910. The summed E-state index contributed by atoms with van der Waals surface area (Å²) in [6.07, 6.45) is 0. The molecule has 5 heteroatoms. The fraction of sp³-hybridized carbons (Fsp3) is 0.643. The van der Waals surface area contributed by atoms with Crippen molar-refractivity contribution >= 4 is 17.2 Å². The molecule has 0 bridgehead atoms. The number of carbonyl (C=O) groups is 1. The van der Waals surface area contributed by atoms with Crippen LogP contribution < -0.4 is 5.32 Å². The summed E-state index contributed by atoms with van der Waals surface area (Å²) >= 11 is 1.67. The first-order valence-electron chi connectivity index (χ1n) is 6.65. The minimum absolute atomic E-state index is 0.0302. The fourth-order valence-electron chi connectivity index (χ4n) is 2.49. The van der Waals surface area contributed by atoms with E-state index in [9.17, 15) is 9.90 Å². The lowest BCUT2D eigenvalue weighted by Gasteiger charge is -2.43. The topological polar surface area (TPSA) is 52.6 Å². The van der Waals surface area contributed by atoms with Crippen molar-refractivity contribution < 1.29 is 9.90 Å². The lowest BCUT2D eigenvalue weighted by molar-refractivity contribution is -0.131. The molecule has 0 aromatic carbocycles. The summed E-state index contributed by atoms with van der Waals surface area (Å²) in [6, 6.07) is 4.15. The van der Waals surface area contributed by atoms with Crippen molar-refractivity contribution in [1.82, 2.24) is 10.2 Å². The van der Waals surface area contributed by atoms with Crippen molar-refractivity contribution in [1.29, 1.82) is 0 Å². The summed E-state index contributed by atoms with van der Waals surface area (Å²) in [6.45, 7) is 7.53. The first-order chi connectivity index (χ1) is 8.87. The van der Waals surface area contributed by atoms with E-state index in [1.54, 1.807) is 18.3 Å². The van der Waals surface area contributed by atoms with Crippen LogP contribution in [0.1, 0.15) is 31.7 Å². The molecule has 0 aliphatic carbocycles. The third-order valence-electron chi connectivity index (χ3n) is 3.33. The number of carbonyl (C=O) groups excluding carboxylic acids is 1. The summed E-state index contributed by atoms with van der Waals surface area (Å²) < 4.78 is 0. The molecule has 0 radical (unpaired) electrons. The van der Waals surface area contributed by atoms with E-state index in [0.29, 0.717) is 25.6 Å². The van der Waals surface area contributed by atoms with Crippen molar-refractivity contribution in [2.45, 2.75) is 32.4 Å². The standard InChI is InChI=1S/C14H22N2O2S/c1-10(2)13(11-5-4-6-19-11)15-12(17)7-16-8-14(3,18)9-16/h4-6,10,13,18H,7-9H2,1-3H3,(H,15,17). The van der Waals surface area contributed by atoms with Crippen molar-refractivity contribution in [3.63, 3.8) is 0 Å². The Morgan fingerprint density at radius 1 is 1.58 bits per heavy atom. The Labute approximate surface area is 118 Å². The molecule has 1 aromatic rings. The average molecular weight is 282 g/mol. The van der Waals surface area contributed by atoms with E-state index in [-0.39, 0.29) is 11.9 Å². The van der Waals surface area contributed by atoms with Gasteiger partial charge in [-0.3, -0.25) is 9.69 Å². The number of hydrogen-bond acceptors (Lipinski definition) is 4. The number of amides is 1. The predicted octanol–water partition coefficient (Wildman–Crippen LogP) is 1.63. The Bertz CT molecular complexity index is 421. The summed E-state index contributed by atoms with van der Waals surface area (Å²) in [7, 11) is 0. The molecule has 1 amide bonds. The van der Waals surface area contributed by atoms with Crippen molar-refractivity contribution in [2.75, 3.05) is 19.6 Å². The van der Waals surface area contributed by atoms with E-state index >= 15 is 0 Å². The molecule has 1 unspecified atom stereocenters. The normalized spacial score (nSPS) is 20.1. The number of thiophene rings is 1. The van der Waals surface area contributed by atoms with E-state index < -0.39 is 5.60 Å². The Morgan fingerprint density at radius 2 is 2.26 bits per heavy atom. The highest BCUT2D eigenvalue weighted by molar-refractivity contribution is 7.10. The minimum atomic E-state index is -0.620. The lowest BCUT2D eigenvalue weighted by atomic mass is 9.97. The van der Waals surface area contributed by atoms with E-state index in [1.165, 1.54) is 4.88 Å². The van der Waals surface area contributed by atoms with Crippen molar-refractivity contribution in [3.8, 4) is 0 Å². The largest absolute Gasteiger partial charge is 0.388 e. The molecular formula is C14H22N2O2S. The Balaban J connectivity index is 1.86. The van der Waals surface area contributed by atoms with Crippen molar-refractivity contribution in [3.05, 3.63) is 22.4 Å². The van der Waals surface area contributed by atoms with Crippen LogP contribution in [0, 0.1) is 5.92 Å². The fourth-order valence-corrected chi connectivity index (χ4v) is 3.43. The van der Waals surface area contributed by atoms with E-state index in [1.807, 2.05) is 16.3 Å². The van der Waals surface area contributed by atoms with Gasteiger partial charge >= 0.3 is 0 Å². The van der Waals surface area contributed by atoms with Gasteiger partial charge in [-0.15, -0.1) is 11.3 Å². The second-order valence-electron chi connectivity index (χ2n) is 5.95. The van der Waals surface area contributed by atoms with Crippen LogP contribution in [-0.4, -0.2) is 41.1 Å². The molecule has 1 aliphatic rings. The van der Waals surface area contributed by atoms with E-state index in [4.69, 9.17) is 0 Å². The maximum atomic E-state index is 12.0. The summed E-state index contributed by atoms with van der Waals surface area (Å²) in [4.78, 5) is 15.2. The van der Waals surface area contributed by atoms with Gasteiger partial charge in [0.25, 0.3) is 0 Å². The van der Waals surface area contributed by atoms with E-state index in [2.05, 4.69) is 25.2 Å². The third-order valence-corrected chi connectivity index (χ3v) is 4.28. The van der Waals surface area contributed by atoms with Gasteiger partial charge in [-0.25, -0.2) is 0 Å². The smallest absolute Gasteiger partial charge is 0.234 e. The molecule has 2 heterocycles. The molecule has 1 saturated heterocycles. The Morgan fingerprint density at radius 3 is 2.74 bits per heavy atom. The van der Waals surface area contributed by atoms with Crippen LogP contribution in [0.2, 0.25) is 0 Å². The maximum absolute atomic E-state index is 12.0. The highest BCUT2D eigenvalue weighted by Crippen LogP contribution is 2.26. The molecule has 1 fully saturated rings. The number of rotatable bonds is 5. The highest BCUT2D eigenvalue weighted by atomic mass is 32.1. The zero-order valence-corrected chi connectivity index (χ0v) is 12.5. The number of aliphatic hydroxyl groups is 1. The molecule has 1 aromatic heterocycles. The van der Waals surface area contributed by atoms with Gasteiger partial charge < -0.3 is 10.4 Å². The monoisotopic (exact) mass is 282 g/mol. The third kappa shape index (κ3) is 3.78. The molecule has 106 valence electrons. The highest BCUT2D eigenvalue weighted by Gasteiger charge is 2.37. The number of β-amino-alcohol motifs (C(OH)–C–C–N with tert-alkyl or cyclic N) is 1. The number of likely N-dealkylation sites (tertiary alicyclic amines) is 1.